The van der Waals surface area contributed by atoms with Gasteiger partial charge in [-0.3, -0.25) is 0 Å². The molecule has 0 aromatic heterocycles. The van der Waals surface area contributed by atoms with Crippen molar-refractivity contribution in [3.05, 3.63) is 47.5 Å². The van der Waals surface area contributed by atoms with Crippen LogP contribution in [0.4, 0.5) is 22.7 Å². The number of rotatable bonds is 2. The molecule has 0 aliphatic rings. The quantitative estimate of drug-likeness (QED) is 0.690. The lowest BCUT2D eigenvalue weighted by atomic mass is 10.1. The highest BCUT2D eigenvalue weighted by Crippen LogP contribution is 2.28. The van der Waals surface area contributed by atoms with Crippen LogP contribution in [0.1, 0.15) is 11.1 Å². The zero-order valence-electron chi connectivity index (χ0n) is 10.1. The van der Waals surface area contributed by atoms with Gasteiger partial charge in [0.15, 0.2) is 0 Å². The molecule has 0 unspecified atom stereocenters. The van der Waals surface area contributed by atoms with Crippen molar-refractivity contribution in [2.45, 2.75) is 13.8 Å². The van der Waals surface area contributed by atoms with E-state index in [4.69, 9.17) is 11.5 Å². The van der Waals surface area contributed by atoms with Crippen LogP contribution in [-0.4, -0.2) is 0 Å². The maximum absolute atomic E-state index is 5.88. The van der Waals surface area contributed by atoms with Crippen molar-refractivity contribution < 1.29 is 0 Å². The van der Waals surface area contributed by atoms with E-state index >= 15 is 0 Å². The highest BCUT2D eigenvalue weighted by Gasteiger charge is 2.04. The molecule has 0 radical (unpaired) electrons. The van der Waals surface area contributed by atoms with Gasteiger partial charge < -0.3 is 16.8 Å². The normalized spacial score (nSPS) is 10.2. The first-order chi connectivity index (χ1) is 8.09. The molecule has 0 aliphatic carbocycles. The monoisotopic (exact) mass is 227 g/mol. The predicted octanol–water partition coefficient (Wildman–Crippen LogP) is 3.21. The molecule has 0 bridgehead atoms. The van der Waals surface area contributed by atoms with Crippen LogP contribution >= 0.6 is 0 Å². The average Bonchev–Trinajstić information content (AvgIpc) is 2.31. The zero-order valence-corrected chi connectivity index (χ0v) is 10.1. The Morgan fingerprint density at radius 1 is 0.765 bits per heavy atom. The van der Waals surface area contributed by atoms with E-state index in [0.29, 0.717) is 0 Å². The summed E-state index contributed by atoms with van der Waals surface area (Å²) in [6.45, 7) is 4.00. The molecule has 0 fully saturated rings. The van der Waals surface area contributed by atoms with Crippen molar-refractivity contribution in [1.29, 1.82) is 0 Å². The van der Waals surface area contributed by atoms with Gasteiger partial charge in [-0.25, -0.2) is 0 Å². The number of benzene rings is 2. The Kier molecular flexibility index (Phi) is 2.91. The summed E-state index contributed by atoms with van der Waals surface area (Å²) in [7, 11) is 0. The molecule has 3 nitrogen and oxygen atoms in total. The summed E-state index contributed by atoms with van der Waals surface area (Å²) < 4.78 is 0. The van der Waals surface area contributed by atoms with Crippen LogP contribution in [0.5, 0.6) is 0 Å². The van der Waals surface area contributed by atoms with Crippen molar-refractivity contribution in [2.75, 3.05) is 16.8 Å². The van der Waals surface area contributed by atoms with E-state index in [0.717, 1.165) is 33.9 Å². The van der Waals surface area contributed by atoms with E-state index in [2.05, 4.69) is 5.32 Å². The number of nitrogens with one attached hydrogen (secondary N) is 1. The van der Waals surface area contributed by atoms with Gasteiger partial charge in [-0.15, -0.1) is 0 Å². The summed E-state index contributed by atoms with van der Waals surface area (Å²) in [6, 6.07) is 11.7. The Bertz CT molecular complexity index is 498. The van der Waals surface area contributed by atoms with Gasteiger partial charge in [0.05, 0.1) is 0 Å². The SMILES string of the molecule is Cc1c(N)cccc1Nc1cccc(N)c1C. The van der Waals surface area contributed by atoms with Gasteiger partial charge in [0.2, 0.25) is 0 Å². The summed E-state index contributed by atoms with van der Waals surface area (Å²) in [6.07, 6.45) is 0. The molecule has 0 atom stereocenters. The zero-order chi connectivity index (χ0) is 12.4. The predicted molar refractivity (Wildman–Crippen MR) is 74.5 cm³/mol. The molecule has 2 aromatic rings. The molecule has 0 saturated carbocycles. The third kappa shape index (κ3) is 2.18. The Morgan fingerprint density at radius 3 is 1.59 bits per heavy atom. The molecule has 2 rings (SSSR count). The molecule has 88 valence electrons. The van der Waals surface area contributed by atoms with Crippen LogP contribution in [0.3, 0.4) is 0 Å². The highest BCUT2D eigenvalue weighted by molar-refractivity contribution is 5.73. The summed E-state index contributed by atoms with van der Waals surface area (Å²) in [4.78, 5) is 0. The van der Waals surface area contributed by atoms with Gasteiger partial charge >= 0.3 is 0 Å². The van der Waals surface area contributed by atoms with Gasteiger partial charge in [0, 0.05) is 22.7 Å². The van der Waals surface area contributed by atoms with Crippen molar-refractivity contribution in [2.24, 2.45) is 0 Å². The number of hydrogen-bond acceptors (Lipinski definition) is 3. The summed E-state index contributed by atoms with van der Waals surface area (Å²) in [5, 5.41) is 3.36. The average molecular weight is 227 g/mol. The molecule has 0 spiro atoms. The van der Waals surface area contributed by atoms with Crippen LogP contribution < -0.4 is 16.8 Å². The lowest BCUT2D eigenvalue weighted by Crippen LogP contribution is -2.00. The van der Waals surface area contributed by atoms with Crippen LogP contribution in [0.15, 0.2) is 36.4 Å². The molecule has 3 heteroatoms. The maximum atomic E-state index is 5.88. The minimum Gasteiger partial charge on any atom is -0.398 e. The summed E-state index contributed by atoms with van der Waals surface area (Å²) in [5.74, 6) is 0. The number of anilines is 4. The first kappa shape index (κ1) is 11.3. The first-order valence-corrected chi connectivity index (χ1v) is 5.57. The van der Waals surface area contributed by atoms with Crippen LogP contribution in [0, 0.1) is 13.8 Å². The molecule has 2 aromatic carbocycles. The third-order valence-corrected chi connectivity index (χ3v) is 3.02. The Morgan fingerprint density at radius 2 is 1.18 bits per heavy atom. The molecule has 0 saturated heterocycles. The Labute approximate surface area is 101 Å². The van der Waals surface area contributed by atoms with E-state index in [1.165, 1.54) is 0 Å². The van der Waals surface area contributed by atoms with Crippen molar-refractivity contribution in [3.63, 3.8) is 0 Å². The van der Waals surface area contributed by atoms with Crippen molar-refractivity contribution in [3.8, 4) is 0 Å². The highest BCUT2D eigenvalue weighted by atomic mass is 14.9. The van der Waals surface area contributed by atoms with Gasteiger partial charge in [0.1, 0.15) is 0 Å². The molecular weight excluding hydrogens is 210 g/mol. The minimum atomic E-state index is 0.788. The van der Waals surface area contributed by atoms with Gasteiger partial charge in [-0.2, -0.15) is 0 Å². The third-order valence-electron chi connectivity index (χ3n) is 3.02. The minimum absolute atomic E-state index is 0.788. The smallest absolute Gasteiger partial charge is 0.0434 e. The second kappa shape index (κ2) is 4.37. The summed E-state index contributed by atoms with van der Waals surface area (Å²) >= 11 is 0. The van der Waals surface area contributed by atoms with Gasteiger partial charge in [0.25, 0.3) is 0 Å². The fourth-order valence-corrected chi connectivity index (χ4v) is 1.72. The van der Waals surface area contributed by atoms with Crippen LogP contribution in [0.2, 0.25) is 0 Å². The van der Waals surface area contributed by atoms with E-state index in [1.807, 2.05) is 50.2 Å². The molecule has 0 aliphatic heterocycles. The number of nitrogen functional groups attached to an aromatic ring is 2. The van der Waals surface area contributed by atoms with E-state index < -0.39 is 0 Å². The molecule has 17 heavy (non-hydrogen) atoms. The topological polar surface area (TPSA) is 64.1 Å². The van der Waals surface area contributed by atoms with Crippen LogP contribution in [-0.2, 0) is 0 Å². The second-order valence-electron chi connectivity index (χ2n) is 4.16. The van der Waals surface area contributed by atoms with Crippen LogP contribution in [0.25, 0.3) is 0 Å². The molecular formula is C14H17N3. The molecule has 0 amide bonds. The number of hydrogen-bond donors (Lipinski definition) is 3. The fourth-order valence-electron chi connectivity index (χ4n) is 1.72. The Balaban J connectivity index is 2.38. The van der Waals surface area contributed by atoms with Crippen molar-refractivity contribution >= 4 is 22.7 Å². The first-order valence-electron chi connectivity index (χ1n) is 5.57. The van der Waals surface area contributed by atoms with Gasteiger partial charge in [-0.1, -0.05) is 12.1 Å². The molecule has 5 N–H and O–H groups in total. The fraction of sp³-hybridized carbons (Fsp3) is 0.143. The number of nitrogens with two attached hydrogens (primary N) is 2. The maximum Gasteiger partial charge on any atom is 0.0434 e. The van der Waals surface area contributed by atoms with E-state index in [9.17, 15) is 0 Å². The largest absolute Gasteiger partial charge is 0.398 e. The Hall–Kier alpha value is -2.16. The van der Waals surface area contributed by atoms with Gasteiger partial charge in [-0.05, 0) is 49.2 Å². The van der Waals surface area contributed by atoms with E-state index in [-0.39, 0.29) is 0 Å². The second-order valence-corrected chi connectivity index (χ2v) is 4.16. The lowest BCUT2D eigenvalue weighted by Gasteiger charge is -2.14. The standard InChI is InChI=1S/C14H17N3/c1-9-11(15)5-3-7-13(9)17-14-8-4-6-12(16)10(14)2/h3-8,17H,15-16H2,1-2H3. The lowest BCUT2D eigenvalue weighted by molar-refractivity contribution is 1.39. The summed E-state index contributed by atoms with van der Waals surface area (Å²) in [5.41, 5.74) is 17.5. The van der Waals surface area contributed by atoms with E-state index in [1.54, 1.807) is 0 Å². The molecule has 0 heterocycles. The van der Waals surface area contributed by atoms with Crippen molar-refractivity contribution in [1.82, 2.24) is 0 Å².